The molecule has 0 saturated heterocycles. The molecule has 3 heteroatoms. The van der Waals surface area contributed by atoms with Gasteiger partial charge in [0.2, 0.25) is 0 Å². The highest BCUT2D eigenvalue weighted by Crippen LogP contribution is 2.22. The van der Waals surface area contributed by atoms with Gasteiger partial charge in [0.15, 0.2) is 0 Å². The van der Waals surface area contributed by atoms with Crippen molar-refractivity contribution < 1.29 is 5.11 Å². The van der Waals surface area contributed by atoms with Crippen molar-refractivity contribution in [1.82, 2.24) is 4.98 Å². The van der Waals surface area contributed by atoms with Crippen molar-refractivity contribution in [3.63, 3.8) is 0 Å². The molecule has 0 amide bonds. The lowest BCUT2D eigenvalue weighted by Crippen LogP contribution is -2.04. The van der Waals surface area contributed by atoms with Crippen LogP contribution in [0.15, 0.2) is 24.3 Å². The minimum Gasteiger partial charge on any atom is -0.508 e. The predicted molar refractivity (Wildman–Crippen MR) is 52.6 cm³/mol. The summed E-state index contributed by atoms with van der Waals surface area (Å²) in [5.41, 5.74) is 7.71. The number of phenolic OH excluding ortho intramolecular Hbond substituents is 1. The molecule has 4 N–H and O–H groups in total. The van der Waals surface area contributed by atoms with Gasteiger partial charge in [-0.3, -0.25) is 0 Å². The third kappa shape index (κ3) is 1.38. The third-order valence-corrected chi connectivity index (χ3v) is 2.12. The average molecular weight is 176 g/mol. The summed E-state index contributed by atoms with van der Waals surface area (Å²) in [5, 5.41) is 10.2. The SMILES string of the molecule is CC(N)c1cc2cc(O)ccc2[nH]1. The van der Waals surface area contributed by atoms with Gasteiger partial charge in [0.25, 0.3) is 0 Å². The average Bonchev–Trinajstić information content (AvgIpc) is 2.46. The van der Waals surface area contributed by atoms with Crippen LogP contribution in [0.25, 0.3) is 10.9 Å². The van der Waals surface area contributed by atoms with Crippen molar-refractivity contribution in [1.29, 1.82) is 0 Å². The van der Waals surface area contributed by atoms with E-state index in [4.69, 9.17) is 5.73 Å². The zero-order chi connectivity index (χ0) is 9.42. The molecule has 2 rings (SSSR count). The van der Waals surface area contributed by atoms with Crippen molar-refractivity contribution in [3.8, 4) is 5.75 Å². The summed E-state index contributed by atoms with van der Waals surface area (Å²) >= 11 is 0. The van der Waals surface area contributed by atoms with E-state index in [1.807, 2.05) is 19.1 Å². The lowest BCUT2D eigenvalue weighted by molar-refractivity contribution is 0.476. The van der Waals surface area contributed by atoms with E-state index in [-0.39, 0.29) is 11.8 Å². The molecule has 2 aromatic rings. The molecule has 3 nitrogen and oxygen atoms in total. The zero-order valence-corrected chi connectivity index (χ0v) is 7.41. The molecular weight excluding hydrogens is 164 g/mol. The first-order chi connectivity index (χ1) is 6.16. The molecule has 1 aromatic carbocycles. The summed E-state index contributed by atoms with van der Waals surface area (Å²) in [7, 11) is 0. The summed E-state index contributed by atoms with van der Waals surface area (Å²) in [5.74, 6) is 0.280. The van der Waals surface area contributed by atoms with E-state index in [0.29, 0.717) is 0 Å². The van der Waals surface area contributed by atoms with Gasteiger partial charge < -0.3 is 15.8 Å². The normalized spacial score (nSPS) is 13.4. The quantitative estimate of drug-likeness (QED) is 0.621. The summed E-state index contributed by atoms with van der Waals surface area (Å²) in [6.07, 6.45) is 0. The first kappa shape index (κ1) is 8.13. The third-order valence-electron chi connectivity index (χ3n) is 2.12. The van der Waals surface area contributed by atoms with E-state index in [2.05, 4.69) is 4.98 Å². The molecule has 13 heavy (non-hydrogen) atoms. The summed E-state index contributed by atoms with van der Waals surface area (Å²) in [6.45, 7) is 1.92. The van der Waals surface area contributed by atoms with Crippen molar-refractivity contribution in [3.05, 3.63) is 30.0 Å². The van der Waals surface area contributed by atoms with Crippen LogP contribution in [0.3, 0.4) is 0 Å². The number of nitrogens with two attached hydrogens (primary N) is 1. The molecule has 0 saturated carbocycles. The maximum atomic E-state index is 9.23. The van der Waals surface area contributed by atoms with Gasteiger partial charge in [0.1, 0.15) is 5.75 Å². The van der Waals surface area contributed by atoms with Crippen molar-refractivity contribution in [2.45, 2.75) is 13.0 Å². The number of rotatable bonds is 1. The highest BCUT2D eigenvalue weighted by atomic mass is 16.3. The molecule has 0 aliphatic rings. The molecule has 1 aromatic heterocycles. The summed E-state index contributed by atoms with van der Waals surface area (Å²) in [4.78, 5) is 3.19. The first-order valence-electron chi connectivity index (χ1n) is 4.24. The molecule has 0 aliphatic carbocycles. The lowest BCUT2D eigenvalue weighted by Gasteiger charge is -1.98. The second-order valence-corrected chi connectivity index (χ2v) is 3.28. The number of aromatic hydroxyl groups is 1. The smallest absolute Gasteiger partial charge is 0.116 e. The Kier molecular flexibility index (Phi) is 1.74. The van der Waals surface area contributed by atoms with Crippen molar-refractivity contribution in [2.24, 2.45) is 5.73 Å². The van der Waals surface area contributed by atoms with E-state index in [9.17, 15) is 5.11 Å². The van der Waals surface area contributed by atoms with E-state index in [1.165, 1.54) is 0 Å². The number of hydrogen-bond acceptors (Lipinski definition) is 2. The fraction of sp³-hybridized carbons (Fsp3) is 0.200. The lowest BCUT2D eigenvalue weighted by atomic mass is 10.2. The molecule has 0 radical (unpaired) electrons. The second kappa shape index (κ2) is 2.78. The Morgan fingerprint density at radius 3 is 2.85 bits per heavy atom. The number of nitrogens with one attached hydrogen (secondary N) is 1. The van der Waals surface area contributed by atoms with Crippen LogP contribution in [0.5, 0.6) is 5.75 Å². The van der Waals surface area contributed by atoms with Gasteiger partial charge in [-0.25, -0.2) is 0 Å². The maximum absolute atomic E-state index is 9.23. The predicted octanol–water partition coefficient (Wildman–Crippen LogP) is 1.89. The Morgan fingerprint density at radius 1 is 1.38 bits per heavy atom. The molecule has 1 unspecified atom stereocenters. The Labute approximate surface area is 76.2 Å². The van der Waals surface area contributed by atoms with Crippen LogP contribution in [-0.2, 0) is 0 Å². The molecule has 1 heterocycles. The summed E-state index contributed by atoms with van der Waals surface area (Å²) < 4.78 is 0. The Morgan fingerprint density at radius 2 is 2.15 bits per heavy atom. The zero-order valence-electron chi connectivity index (χ0n) is 7.41. The van der Waals surface area contributed by atoms with Crippen LogP contribution in [0, 0.1) is 0 Å². The minimum absolute atomic E-state index is 0.00505. The fourth-order valence-corrected chi connectivity index (χ4v) is 1.39. The van der Waals surface area contributed by atoms with Crippen LogP contribution in [0.1, 0.15) is 18.7 Å². The Hall–Kier alpha value is -1.48. The number of H-pyrrole nitrogens is 1. The van der Waals surface area contributed by atoms with Crippen molar-refractivity contribution in [2.75, 3.05) is 0 Å². The number of aromatic amines is 1. The molecule has 0 fully saturated rings. The number of fused-ring (bicyclic) bond motifs is 1. The second-order valence-electron chi connectivity index (χ2n) is 3.28. The van der Waals surface area contributed by atoms with Crippen molar-refractivity contribution >= 4 is 10.9 Å². The molecule has 0 spiro atoms. The van der Waals surface area contributed by atoms with Gasteiger partial charge in [0.05, 0.1) is 0 Å². The number of hydrogen-bond donors (Lipinski definition) is 3. The summed E-state index contributed by atoms with van der Waals surface area (Å²) in [6, 6.07) is 7.17. The van der Waals surface area contributed by atoms with Crippen LogP contribution >= 0.6 is 0 Å². The van der Waals surface area contributed by atoms with E-state index in [0.717, 1.165) is 16.6 Å². The van der Waals surface area contributed by atoms with Crippen LogP contribution in [-0.4, -0.2) is 10.1 Å². The van der Waals surface area contributed by atoms with Gasteiger partial charge in [0, 0.05) is 22.6 Å². The molecule has 0 bridgehead atoms. The number of aromatic nitrogens is 1. The highest BCUT2D eigenvalue weighted by Gasteiger charge is 2.04. The van der Waals surface area contributed by atoms with Crippen LogP contribution < -0.4 is 5.73 Å². The first-order valence-corrected chi connectivity index (χ1v) is 4.24. The van der Waals surface area contributed by atoms with E-state index < -0.39 is 0 Å². The minimum atomic E-state index is -0.00505. The Balaban J connectivity index is 2.62. The van der Waals surface area contributed by atoms with Crippen LogP contribution in [0.4, 0.5) is 0 Å². The van der Waals surface area contributed by atoms with Gasteiger partial charge in [-0.05, 0) is 31.2 Å². The van der Waals surface area contributed by atoms with E-state index >= 15 is 0 Å². The largest absolute Gasteiger partial charge is 0.508 e. The molecule has 68 valence electrons. The number of benzene rings is 1. The Bertz CT molecular complexity index is 431. The molecule has 0 aliphatic heterocycles. The topological polar surface area (TPSA) is 62.0 Å². The standard InChI is InChI=1S/C10H12N2O/c1-6(11)10-5-7-4-8(13)2-3-9(7)12-10/h2-6,12-13H,11H2,1H3. The molecular formula is C10H12N2O. The van der Waals surface area contributed by atoms with Gasteiger partial charge in [-0.1, -0.05) is 0 Å². The van der Waals surface area contributed by atoms with Gasteiger partial charge in [-0.15, -0.1) is 0 Å². The van der Waals surface area contributed by atoms with Gasteiger partial charge >= 0.3 is 0 Å². The van der Waals surface area contributed by atoms with E-state index in [1.54, 1.807) is 12.1 Å². The monoisotopic (exact) mass is 176 g/mol. The highest BCUT2D eigenvalue weighted by molar-refractivity contribution is 5.81. The maximum Gasteiger partial charge on any atom is 0.116 e. The number of phenols is 1. The molecule has 1 atom stereocenters. The van der Waals surface area contributed by atoms with Crippen LogP contribution in [0.2, 0.25) is 0 Å². The van der Waals surface area contributed by atoms with Gasteiger partial charge in [-0.2, -0.15) is 0 Å². The fourth-order valence-electron chi connectivity index (χ4n) is 1.39.